The van der Waals surface area contributed by atoms with E-state index in [0.717, 1.165) is 18.0 Å². The van der Waals surface area contributed by atoms with E-state index in [1.165, 1.54) is 33.2 Å². The van der Waals surface area contributed by atoms with Gasteiger partial charge >= 0.3 is 0 Å². The summed E-state index contributed by atoms with van der Waals surface area (Å²) in [5.41, 5.74) is 6.11. The third-order valence-electron chi connectivity index (χ3n) is 3.80. The lowest BCUT2D eigenvalue weighted by atomic mass is 10.0. The highest BCUT2D eigenvalue weighted by Gasteiger charge is 2.06. The van der Waals surface area contributed by atoms with Gasteiger partial charge in [0.25, 0.3) is 0 Å². The lowest BCUT2D eigenvalue weighted by molar-refractivity contribution is 0.823. The van der Waals surface area contributed by atoms with Crippen LogP contribution < -0.4 is 5.32 Å². The van der Waals surface area contributed by atoms with Crippen LogP contribution in [-0.2, 0) is 13.0 Å². The van der Waals surface area contributed by atoms with Crippen LogP contribution in [0.2, 0.25) is 5.02 Å². The molecule has 3 heteroatoms. The summed E-state index contributed by atoms with van der Waals surface area (Å²) in [5, 5.41) is 5.32. The highest BCUT2D eigenvalue weighted by Crippen LogP contribution is 2.24. The van der Waals surface area contributed by atoms with Crippen LogP contribution in [0.15, 0.2) is 42.6 Å². The number of aromatic nitrogens is 1. The van der Waals surface area contributed by atoms with Crippen LogP contribution in [-0.4, -0.2) is 12.0 Å². The maximum atomic E-state index is 6.33. The quantitative estimate of drug-likeness (QED) is 0.732. The number of hydrogen-bond acceptors (Lipinski definition) is 1. The Bertz CT molecular complexity index is 774. The van der Waals surface area contributed by atoms with Crippen molar-refractivity contribution >= 4 is 22.5 Å². The van der Waals surface area contributed by atoms with Crippen molar-refractivity contribution in [2.45, 2.75) is 19.9 Å². The molecule has 2 N–H and O–H groups in total. The van der Waals surface area contributed by atoms with Crippen LogP contribution in [0.4, 0.5) is 0 Å². The van der Waals surface area contributed by atoms with E-state index in [1.807, 2.05) is 13.1 Å². The van der Waals surface area contributed by atoms with E-state index in [-0.39, 0.29) is 0 Å². The zero-order valence-electron chi connectivity index (χ0n) is 12.3. The number of benzene rings is 2. The molecule has 108 valence electrons. The van der Waals surface area contributed by atoms with Crippen LogP contribution in [0.25, 0.3) is 10.9 Å². The fourth-order valence-corrected chi connectivity index (χ4v) is 3.00. The summed E-state index contributed by atoms with van der Waals surface area (Å²) in [6, 6.07) is 12.8. The van der Waals surface area contributed by atoms with Gasteiger partial charge < -0.3 is 10.3 Å². The zero-order valence-corrected chi connectivity index (χ0v) is 13.1. The fourth-order valence-electron chi connectivity index (χ4n) is 2.70. The third-order valence-corrected chi connectivity index (χ3v) is 4.15. The molecule has 0 aliphatic rings. The Morgan fingerprint density at radius 1 is 1.10 bits per heavy atom. The smallest absolute Gasteiger partial charge is 0.0460 e. The molecule has 0 bridgehead atoms. The Balaban J connectivity index is 1.91. The molecule has 3 rings (SSSR count). The summed E-state index contributed by atoms with van der Waals surface area (Å²) in [4.78, 5) is 3.35. The molecule has 0 spiro atoms. The summed E-state index contributed by atoms with van der Waals surface area (Å²) >= 11 is 6.33. The van der Waals surface area contributed by atoms with Crippen LogP contribution in [0.1, 0.15) is 22.3 Å². The van der Waals surface area contributed by atoms with Crippen LogP contribution in [0.5, 0.6) is 0 Å². The Morgan fingerprint density at radius 3 is 2.71 bits per heavy atom. The standard InChI is InChI=1S/C18H19ClN2/c1-12-3-5-14(17(19)7-12)8-13-4-6-16-15(10-20-2)11-21-18(16)9-13/h3-7,9,11,20-21H,8,10H2,1-2H3. The zero-order chi connectivity index (χ0) is 14.8. The molecule has 0 saturated heterocycles. The Kier molecular flexibility index (Phi) is 4.00. The van der Waals surface area contributed by atoms with Crippen molar-refractivity contribution in [2.24, 2.45) is 0 Å². The number of rotatable bonds is 4. The van der Waals surface area contributed by atoms with E-state index in [4.69, 9.17) is 11.6 Å². The van der Waals surface area contributed by atoms with Gasteiger partial charge in [-0.1, -0.05) is 35.9 Å². The van der Waals surface area contributed by atoms with Crippen molar-refractivity contribution in [2.75, 3.05) is 7.05 Å². The molecule has 0 radical (unpaired) electrons. The summed E-state index contributed by atoms with van der Waals surface area (Å²) in [7, 11) is 1.96. The molecule has 0 saturated carbocycles. The SMILES string of the molecule is CNCc1c[nH]c2cc(Cc3ccc(C)cc3Cl)ccc12. The first-order valence-electron chi connectivity index (χ1n) is 7.16. The van der Waals surface area contributed by atoms with E-state index in [9.17, 15) is 0 Å². The number of nitrogens with one attached hydrogen (secondary N) is 2. The molecule has 0 aliphatic heterocycles. The molecular weight excluding hydrogens is 280 g/mol. The number of aromatic amines is 1. The van der Waals surface area contributed by atoms with Gasteiger partial charge in [0.1, 0.15) is 0 Å². The molecule has 2 nitrogen and oxygen atoms in total. The van der Waals surface area contributed by atoms with Crippen molar-refractivity contribution in [1.29, 1.82) is 0 Å². The fraction of sp³-hybridized carbons (Fsp3) is 0.222. The molecule has 0 aliphatic carbocycles. The van der Waals surface area contributed by atoms with Gasteiger partial charge in [-0.3, -0.25) is 0 Å². The molecule has 21 heavy (non-hydrogen) atoms. The average molecular weight is 299 g/mol. The molecule has 0 amide bonds. The molecular formula is C18H19ClN2. The maximum absolute atomic E-state index is 6.33. The minimum atomic E-state index is 0.845. The summed E-state index contributed by atoms with van der Waals surface area (Å²) < 4.78 is 0. The average Bonchev–Trinajstić information content (AvgIpc) is 2.85. The van der Waals surface area contributed by atoms with Gasteiger partial charge in [-0.05, 0) is 54.8 Å². The summed E-state index contributed by atoms with van der Waals surface area (Å²) in [5.74, 6) is 0. The second-order valence-corrected chi connectivity index (χ2v) is 5.90. The van der Waals surface area contributed by atoms with Gasteiger partial charge in [0.2, 0.25) is 0 Å². The van der Waals surface area contributed by atoms with E-state index < -0.39 is 0 Å². The molecule has 1 heterocycles. The second kappa shape index (κ2) is 5.92. The number of aryl methyl sites for hydroxylation is 1. The molecule has 0 atom stereocenters. The summed E-state index contributed by atoms with van der Waals surface area (Å²) in [6.45, 7) is 2.94. The van der Waals surface area contributed by atoms with E-state index in [0.29, 0.717) is 0 Å². The van der Waals surface area contributed by atoms with Crippen LogP contribution in [0.3, 0.4) is 0 Å². The minimum Gasteiger partial charge on any atom is -0.361 e. The van der Waals surface area contributed by atoms with Crippen molar-refractivity contribution in [3.63, 3.8) is 0 Å². The van der Waals surface area contributed by atoms with Crippen LogP contribution in [0, 0.1) is 6.92 Å². The van der Waals surface area contributed by atoms with Gasteiger partial charge in [-0.15, -0.1) is 0 Å². The third kappa shape index (κ3) is 2.97. The molecule has 0 fully saturated rings. The topological polar surface area (TPSA) is 27.8 Å². The largest absolute Gasteiger partial charge is 0.361 e. The first-order chi connectivity index (χ1) is 10.2. The highest BCUT2D eigenvalue weighted by atomic mass is 35.5. The first kappa shape index (κ1) is 14.2. The van der Waals surface area contributed by atoms with E-state index in [2.05, 4.69) is 53.8 Å². The van der Waals surface area contributed by atoms with Crippen molar-refractivity contribution < 1.29 is 0 Å². The van der Waals surface area contributed by atoms with Gasteiger partial charge in [0, 0.05) is 28.7 Å². The number of hydrogen-bond donors (Lipinski definition) is 2. The second-order valence-electron chi connectivity index (χ2n) is 5.50. The van der Waals surface area contributed by atoms with Crippen molar-refractivity contribution in [3.05, 3.63) is 69.9 Å². The van der Waals surface area contributed by atoms with Crippen molar-refractivity contribution in [3.8, 4) is 0 Å². The van der Waals surface area contributed by atoms with Gasteiger partial charge in [-0.25, -0.2) is 0 Å². The lowest BCUT2D eigenvalue weighted by Crippen LogP contribution is -2.03. The van der Waals surface area contributed by atoms with Gasteiger partial charge in [0.15, 0.2) is 0 Å². The van der Waals surface area contributed by atoms with Crippen LogP contribution >= 0.6 is 11.6 Å². The Morgan fingerprint density at radius 2 is 1.95 bits per heavy atom. The number of fused-ring (bicyclic) bond motifs is 1. The monoisotopic (exact) mass is 298 g/mol. The minimum absolute atomic E-state index is 0.845. The molecule has 1 aromatic heterocycles. The predicted molar refractivity (Wildman–Crippen MR) is 90.1 cm³/mol. The van der Waals surface area contributed by atoms with Gasteiger partial charge in [-0.2, -0.15) is 0 Å². The highest BCUT2D eigenvalue weighted by molar-refractivity contribution is 6.31. The Labute approximate surface area is 130 Å². The normalized spacial score (nSPS) is 11.2. The molecule has 2 aromatic carbocycles. The molecule has 3 aromatic rings. The number of H-pyrrole nitrogens is 1. The maximum Gasteiger partial charge on any atom is 0.0460 e. The van der Waals surface area contributed by atoms with Gasteiger partial charge in [0.05, 0.1) is 0 Å². The Hall–Kier alpha value is -1.77. The van der Waals surface area contributed by atoms with E-state index in [1.54, 1.807) is 0 Å². The first-order valence-corrected chi connectivity index (χ1v) is 7.53. The molecule has 0 unspecified atom stereocenters. The van der Waals surface area contributed by atoms with E-state index >= 15 is 0 Å². The van der Waals surface area contributed by atoms with Crippen molar-refractivity contribution in [1.82, 2.24) is 10.3 Å². The number of halogens is 1. The lowest BCUT2D eigenvalue weighted by Gasteiger charge is -2.06. The summed E-state index contributed by atoms with van der Waals surface area (Å²) in [6.07, 6.45) is 2.93. The predicted octanol–water partition coefficient (Wildman–Crippen LogP) is 4.44.